The van der Waals surface area contributed by atoms with Crippen molar-refractivity contribution in [2.24, 2.45) is 0 Å². The third-order valence-corrected chi connectivity index (χ3v) is 3.76. The number of nitriles is 1. The summed E-state index contributed by atoms with van der Waals surface area (Å²) in [6.07, 6.45) is 1.74. The summed E-state index contributed by atoms with van der Waals surface area (Å²) in [6, 6.07) is 10.4. The number of anilines is 1. The molecular weight excluding hydrogens is 278 g/mol. The molecule has 4 heteroatoms. The number of nitrogens with zero attached hydrogens (tertiary/aromatic N) is 2. The Morgan fingerprint density at radius 2 is 2.12 bits per heavy atom. The van der Waals surface area contributed by atoms with Gasteiger partial charge in [-0.15, -0.1) is 0 Å². The molecule has 0 bridgehead atoms. The molecule has 0 radical (unpaired) electrons. The van der Waals surface area contributed by atoms with E-state index in [9.17, 15) is 5.26 Å². The minimum Gasteiger partial charge on any atom is -0.367 e. The quantitative estimate of drug-likeness (QED) is 0.911. The molecule has 1 fully saturated rings. The molecule has 1 aliphatic heterocycles. The second kappa shape index (κ2) is 5.07. The molecule has 1 saturated heterocycles. The summed E-state index contributed by atoms with van der Waals surface area (Å²) in [6.45, 7) is 1.93. The molecule has 2 rings (SSSR count). The lowest BCUT2D eigenvalue weighted by atomic mass is 9.89. The molecule has 0 saturated carbocycles. The molecular formula is C13H16BrN3. The number of nitrogens with one attached hydrogen (secondary N) is 1. The molecule has 90 valence electrons. The monoisotopic (exact) mass is 293 g/mol. The predicted molar refractivity (Wildman–Crippen MR) is 72.8 cm³/mol. The first-order chi connectivity index (χ1) is 8.13. The van der Waals surface area contributed by atoms with Crippen molar-refractivity contribution in [1.82, 2.24) is 4.90 Å². The summed E-state index contributed by atoms with van der Waals surface area (Å²) < 4.78 is 1.03. The molecule has 1 heterocycles. The molecule has 1 aromatic carbocycles. The van der Waals surface area contributed by atoms with Gasteiger partial charge in [0.2, 0.25) is 0 Å². The van der Waals surface area contributed by atoms with Crippen LogP contribution in [0.5, 0.6) is 0 Å². The van der Waals surface area contributed by atoms with E-state index in [1.807, 2.05) is 24.3 Å². The van der Waals surface area contributed by atoms with Crippen LogP contribution in [0.4, 0.5) is 5.69 Å². The topological polar surface area (TPSA) is 39.1 Å². The fourth-order valence-corrected chi connectivity index (χ4v) is 2.51. The molecule has 1 N–H and O–H groups in total. The molecule has 0 unspecified atom stereocenters. The highest BCUT2D eigenvalue weighted by Gasteiger charge is 2.33. The van der Waals surface area contributed by atoms with E-state index < -0.39 is 5.54 Å². The van der Waals surface area contributed by atoms with Gasteiger partial charge in [0.1, 0.15) is 5.54 Å². The third kappa shape index (κ3) is 2.99. The van der Waals surface area contributed by atoms with Crippen molar-refractivity contribution in [2.45, 2.75) is 18.4 Å². The van der Waals surface area contributed by atoms with Crippen molar-refractivity contribution in [2.75, 3.05) is 25.5 Å². The fraction of sp³-hybridized carbons (Fsp3) is 0.462. The number of halogens is 1. The standard InChI is InChI=1S/C13H16BrN3/c1-17-7-5-13(10-15,6-8-17)16-12-4-2-3-11(14)9-12/h2-4,9,16H,5-8H2,1H3. The van der Waals surface area contributed by atoms with E-state index in [-0.39, 0.29) is 0 Å². The first kappa shape index (κ1) is 12.4. The second-order valence-corrected chi connectivity index (χ2v) is 5.55. The van der Waals surface area contributed by atoms with Gasteiger partial charge in [0, 0.05) is 23.2 Å². The average molecular weight is 294 g/mol. The Hall–Kier alpha value is -1.05. The molecule has 0 aromatic heterocycles. The van der Waals surface area contributed by atoms with Crippen LogP contribution < -0.4 is 5.32 Å². The third-order valence-electron chi connectivity index (χ3n) is 3.26. The van der Waals surface area contributed by atoms with Gasteiger partial charge in [0.15, 0.2) is 0 Å². The summed E-state index contributed by atoms with van der Waals surface area (Å²) in [4.78, 5) is 2.26. The fourth-order valence-electron chi connectivity index (χ4n) is 2.11. The van der Waals surface area contributed by atoms with Crippen LogP contribution >= 0.6 is 15.9 Å². The van der Waals surface area contributed by atoms with Gasteiger partial charge in [-0.1, -0.05) is 22.0 Å². The maximum atomic E-state index is 9.42. The Kier molecular flexibility index (Phi) is 3.70. The molecule has 0 spiro atoms. The van der Waals surface area contributed by atoms with E-state index in [1.165, 1.54) is 0 Å². The summed E-state index contributed by atoms with van der Waals surface area (Å²) in [5.74, 6) is 0. The van der Waals surface area contributed by atoms with Crippen molar-refractivity contribution in [3.63, 3.8) is 0 Å². The van der Waals surface area contributed by atoms with Crippen LogP contribution in [0, 0.1) is 11.3 Å². The Balaban J connectivity index is 2.13. The molecule has 0 atom stereocenters. The van der Waals surface area contributed by atoms with E-state index in [4.69, 9.17) is 0 Å². The van der Waals surface area contributed by atoms with Gasteiger partial charge in [0.25, 0.3) is 0 Å². The number of rotatable bonds is 2. The van der Waals surface area contributed by atoms with Crippen LogP contribution in [0.3, 0.4) is 0 Å². The highest BCUT2D eigenvalue weighted by molar-refractivity contribution is 9.10. The van der Waals surface area contributed by atoms with Crippen LogP contribution in [0.2, 0.25) is 0 Å². The Morgan fingerprint density at radius 1 is 1.41 bits per heavy atom. The minimum absolute atomic E-state index is 0.409. The largest absolute Gasteiger partial charge is 0.367 e. The Bertz CT molecular complexity index is 431. The van der Waals surface area contributed by atoms with Crippen molar-refractivity contribution in [3.05, 3.63) is 28.7 Å². The number of benzene rings is 1. The summed E-state index contributed by atoms with van der Waals surface area (Å²) in [7, 11) is 2.10. The second-order valence-electron chi connectivity index (χ2n) is 4.63. The Morgan fingerprint density at radius 3 is 2.71 bits per heavy atom. The van der Waals surface area contributed by atoms with Crippen LogP contribution in [0.25, 0.3) is 0 Å². The lowest BCUT2D eigenvalue weighted by Crippen LogP contribution is -2.47. The van der Waals surface area contributed by atoms with Gasteiger partial charge >= 0.3 is 0 Å². The molecule has 0 amide bonds. The Labute approximate surface area is 111 Å². The van der Waals surface area contributed by atoms with Crippen LogP contribution in [0.1, 0.15) is 12.8 Å². The average Bonchev–Trinajstić information content (AvgIpc) is 2.33. The molecule has 1 aromatic rings. The molecule has 1 aliphatic rings. The molecule has 17 heavy (non-hydrogen) atoms. The highest BCUT2D eigenvalue weighted by atomic mass is 79.9. The number of hydrogen-bond acceptors (Lipinski definition) is 3. The van der Waals surface area contributed by atoms with Gasteiger partial charge in [0.05, 0.1) is 6.07 Å². The van der Waals surface area contributed by atoms with Crippen molar-refractivity contribution >= 4 is 21.6 Å². The van der Waals surface area contributed by atoms with E-state index in [0.29, 0.717) is 0 Å². The zero-order valence-corrected chi connectivity index (χ0v) is 11.5. The van der Waals surface area contributed by atoms with Gasteiger partial charge in [-0.25, -0.2) is 0 Å². The predicted octanol–water partition coefficient (Wildman–Crippen LogP) is 2.85. The van der Waals surface area contributed by atoms with Gasteiger partial charge in [-0.3, -0.25) is 0 Å². The lowest BCUT2D eigenvalue weighted by molar-refractivity contribution is 0.235. The van der Waals surface area contributed by atoms with E-state index in [2.05, 4.69) is 39.3 Å². The van der Waals surface area contributed by atoms with Crippen LogP contribution in [-0.4, -0.2) is 30.6 Å². The summed E-state index contributed by atoms with van der Waals surface area (Å²) >= 11 is 3.44. The van der Waals surface area contributed by atoms with Gasteiger partial charge in [-0.2, -0.15) is 5.26 Å². The highest BCUT2D eigenvalue weighted by Crippen LogP contribution is 2.27. The normalized spacial score (nSPS) is 19.6. The zero-order chi connectivity index (χ0) is 12.3. The maximum absolute atomic E-state index is 9.42. The first-order valence-corrected chi connectivity index (χ1v) is 6.56. The lowest BCUT2D eigenvalue weighted by Gasteiger charge is -2.36. The number of likely N-dealkylation sites (tertiary alicyclic amines) is 1. The minimum atomic E-state index is -0.409. The molecule has 0 aliphatic carbocycles. The first-order valence-electron chi connectivity index (χ1n) is 5.77. The summed E-state index contributed by atoms with van der Waals surface area (Å²) in [5.41, 5.74) is 0.596. The van der Waals surface area contributed by atoms with Crippen molar-refractivity contribution in [3.8, 4) is 6.07 Å². The molecule has 3 nitrogen and oxygen atoms in total. The van der Waals surface area contributed by atoms with Gasteiger partial charge < -0.3 is 10.2 Å². The summed E-state index contributed by atoms with van der Waals surface area (Å²) in [5, 5.41) is 12.8. The smallest absolute Gasteiger partial charge is 0.127 e. The van der Waals surface area contributed by atoms with E-state index >= 15 is 0 Å². The number of hydrogen-bond donors (Lipinski definition) is 1. The van der Waals surface area contributed by atoms with E-state index in [1.54, 1.807) is 0 Å². The van der Waals surface area contributed by atoms with Crippen molar-refractivity contribution < 1.29 is 0 Å². The number of piperidine rings is 1. The van der Waals surface area contributed by atoms with Crippen molar-refractivity contribution in [1.29, 1.82) is 5.26 Å². The SMILES string of the molecule is CN1CCC(C#N)(Nc2cccc(Br)c2)CC1. The zero-order valence-electron chi connectivity index (χ0n) is 9.91. The van der Waals surface area contributed by atoms with Crippen LogP contribution in [0.15, 0.2) is 28.7 Å². The maximum Gasteiger partial charge on any atom is 0.127 e. The van der Waals surface area contributed by atoms with E-state index in [0.717, 1.165) is 36.1 Å². The van der Waals surface area contributed by atoms with Gasteiger partial charge in [-0.05, 0) is 38.1 Å². The van der Waals surface area contributed by atoms with Crippen LogP contribution in [-0.2, 0) is 0 Å².